The lowest BCUT2D eigenvalue weighted by molar-refractivity contribution is -0.168. The van der Waals surface area contributed by atoms with E-state index in [0.717, 1.165) is 17.8 Å². The minimum atomic E-state index is -0.731. The maximum absolute atomic E-state index is 14.4. The van der Waals surface area contributed by atoms with Gasteiger partial charge in [-0.2, -0.15) is 0 Å². The van der Waals surface area contributed by atoms with Crippen LogP contribution in [0, 0.1) is 16.4 Å². The van der Waals surface area contributed by atoms with Gasteiger partial charge in [-0.25, -0.2) is 13.8 Å². The summed E-state index contributed by atoms with van der Waals surface area (Å²) >= 11 is 11.3. The van der Waals surface area contributed by atoms with Gasteiger partial charge in [-0.3, -0.25) is 9.63 Å². The zero-order valence-electron chi connectivity index (χ0n) is 14.7. The van der Waals surface area contributed by atoms with E-state index in [1.165, 1.54) is 17.2 Å². The topological polar surface area (TPSA) is 39.4 Å². The molecule has 2 aliphatic heterocycles. The minimum absolute atomic E-state index is 0.0246. The number of benzene rings is 1. The summed E-state index contributed by atoms with van der Waals surface area (Å²) in [6.45, 7) is 1.46. The Morgan fingerprint density at radius 3 is 2.89 bits per heavy atom. The molecule has 2 aliphatic rings. The Balaban J connectivity index is 1.66. The number of halogens is 3. The molecule has 1 atom stereocenters. The summed E-state index contributed by atoms with van der Waals surface area (Å²) in [5.74, 6) is -1.91. The first kappa shape index (κ1) is 18.6. The first-order chi connectivity index (χ1) is 12.9. The molecular formula is C18H18ClF2N3O2S. The number of aromatic nitrogens is 2. The predicted molar refractivity (Wildman–Crippen MR) is 98.0 cm³/mol. The van der Waals surface area contributed by atoms with Gasteiger partial charge in [0, 0.05) is 36.5 Å². The molecule has 27 heavy (non-hydrogen) atoms. The highest BCUT2D eigenvalue weighted by atomic mass is 35.5. The fourth-order valence-corrected chi connectivity index (χ4v) is 4.36. The van der Waals surface area contributed by atoms with Crippen molar-refractivity contribution in [2.45, 2.75) is 31.7 Å². The molecule has 4 rings (SSSR count). The summed E-state index contributed by atoms with van der Waals surface area (Å²) in [5, 5.41) is 1.27. The standard InChI is InChI=1S/C18H18ClF2N3O2S/c1-22-13(8-15(25)24-5-2-6-26-24)14-7-10(9-23(14)18(22)27)16-12(20)4-3-11(19)17(16)21/h3-4,10H,2,5-9H2,1H3/t10-/m1/s1. The maximum atomic E-state index is 14.4. The minimum Gasteiger partial charge on any atom is -0.323 e. The molecule has 0 saturated carbocycles. The summed E-state index contributed by atoms with van der Waals surface area (Å²) in [7, 11) is 1.80. The quantitative estimate of drug-likeness (QED) is 0.571. The van der Waals surface area contributed by atoms with Crippen molar-refractivity contribution < 1.29 is 18.4 Å². The largest absolute Gasteiger partial charge is 0.323 e. The number of carbonyl (C=O) groups excluding carboxylic acids is 1. The van der Waals surface area contributed by atoms with E-state index in [1.807, 2.05) is 4.57 Å². The molecule has 3 heterocycles. The second-order valence-corrected chi connectivity index (χ2v) is 7.64. The second-order valence-electron chi connectivity index (χ2n) is 6.86. The third-order valence-corrected chi connectivity index (χ3v) is 6.05. The number of fused-ring (bicyclic) bond motifs is 1. The monoisotopic (exact) mass is 413 g/mol. The van der Waals surface area contributed by atoms with Gasteiger partial charge in [-0.05, 0) is 37.2 Å². The van der Waals surface area contributed by atoms with Crippen molar-refractivity contribution in [2.24, 2.45) is 7.05 Å². The molecule has 9 heteroatoms. The Morgan fingerprint density at radius 2 is 2.19 bits per heavy atom. The molecule has 0 bridgehead atoms. The van der Waals surface area contributed by atoms with Gasteiger partial charge in [0.25, 0.3) is 5.91 Å². The number of carbonyl (C=O) groups is 1. The van der Waals surface area contributed by atoms with Crippen LogP contribution in [0.4, 0.5) is 8.78 Å². The first-order valence-corrected chi connectivity index (χ1v) is 9.51. The zero-order valence-corrected chi connectivity index (χ0v) is 16.2. The molecule has 5 nitrogen and oxygen atoms in total. The molecule has 0 unspecified atom stereocenters. The zero-order chi connectivity index (χ0) is 19.3. The van der Waals surface area contributed by atoms with Crippen LogP contribution in [0.2, 0.25) is 5.02 Å². The number of rotatable bonds is 3. The normalized spacial score (nSPS) is 19.0. The van der Waals surface area contributed by atoms with Gasteiger partial charge in [0.2, 0.25) is 0 Å². The molecule has 0 radical (unpaired) electrons. The molecule has 144 valence electrons. The van der Waals surface area contributed by atoms with E-state index < -0.39 is 17.6 Å². The maximum Gasteiger partial charge on any atom is 0.252 e. The number of hydroxylamine groups is 2. The number of hydrogen-bond acceptors (Lipinski definition) is 3. The third-order valence-electron chi connectivity index (χ3n) is 5.26. The third kappa shape index (κ3) is 3.09. The highest BCUT2D eigenvalue weighted by Gasteiger charge is 2.33. The van der Waals surface area contributed by atoms with E-state index in [4.69, 9.17) is 28.7 Å². The molecule has 0 aliphatic carbocycles. The van der Waals surface area contributed by atoms with E-state index >= 15 is 0 Å². The molecule has 2 aromatic rings. The fraction of sp³-hybridized carbons (Fsp3) is 0.444. The molecule has 0 N–H and O–H groups in total. The molecule has 1 saturated heterocycles. The summed E-state index contributed by atoms with van der Waals surface area (Å²) in [4.78, 5) is 17.8. The van der Waals surface area contributed by atoms with Gasteiger partial charge in [-0.1, -0.05) is 11.6 Å². The van der Waals surface area contributed by atoms with Crippen molar-refractivity contribution in [1.29, 1.82) is 0 Å². The van der Waals surface area contributed by atoms with Crippen molar-refractivity contribution >= 4 is 29.7 Å². The Morgan fingerprint density at radius 1 is 1.41 bits per heavy atom. The smallest absolute Gasteiger partial charge is 0.252 e. The fourth-order valence-electron chi connectivity index (χ4n) is 3.90. The number of imidazole rings is 1. The van der Waals surface area contributed by atoms with Crippen LogP contribution in [-0.4, -0.2) is 33.3 Å². The van der Waals surface area contributed by atoms with Gasteiger partial charge in [-0.15, -0.1) is 0 Å². The van der Waals surface area contributed by atoms with Crippen molar-refractivity contribution in [2.75, 3.05) is 13.2 Å². The van der Waals surface area contributed by atoms with Crippen LogP contribution in [0.1, 0.15) is 29.3 Å². The summed E-state index contributed by atoms with van der Waals surface area (Å²) in [6, 6.07) is 2.39. The van der Waals surface area contributed by atoms with Gasteiger partial charge in [0.05, 0.1) is 24.6 Å². The van der Waals surface area contributed by atoms with Crippen LogP contribution in [-0.2, 0) is 36.1 Å². The molecule has 1 amide bonds. The Kier molecular flexibility index (Phi) is 4.82. The Bertz CT molecular complexity index is 982. The van der Waals surface area contributed by atoms with E-state index in [0.29, 0.717) is 30.9 Å². The van der Waals surface area contributed by atoms with Crippen molar-refractivity contribution in [3.8, 4) is 0 Å². The lowest BCUT2D eigenvalue weighted by Gasteiger charge is -2.15. The first-order valence-electron chi connectivity index (χ1n) is 8.72. The van der Waals surface area contributed by atoms with Crippen LogP contribution in [0.15, 0.2) is 12.1 Å². The van der Waals surface area contributed by atoms with Crippen molar-refractivity contribution in [3.05, 3.63) is 50.5 Å². The second kappa shape index (κ2) is 7.00. The average Bonchev–Trinajstić information content (AvgIpc) is 3.35. The summed E-state index contributed by atoms with van der Waals surface area (Å²) < 4.78 is 32.9. The highest BCUT2D eigenvalue weighted by Crippen LogP contribution is 2.37. The molecule has 1 fully saturated rings. The lowest BCUT2D eigenvalue weighted by Crippen LogP contribution is -2.29. The Hall–Kier alpha value is -1.77. The highest BCUT2D eigenvalue weighted by molar-refractivity contribution is 7.71. The van der Waals surface area contributed by atoms with E-state index in [1.54, 1.807) is 11.6 Å². The Labute approximate surface area is 165 Å². The molecule has 1 aromatic carbocycles. The van der Waals surface area contributed by atoms with Gasteiger partial charge in [0.1, 0.15) is 11.6 Å². The number of amides is 1. The summed E-state index contributed by atoms with van der Waals surface area (Å²) in [5.41, 5.74) is 1.56. The van der Waals surface area contributed by atoms with Crippen molar-refractivity contribution in [3.63, 3.8) is 0 Å². The van der Waals surface area contributed by atoms with E-state index in [-0.39, 0.29) is 22.9 Å². The molecule has 1 aromatic heterocycles. The number of hydrogen-bond donors (Lipinski definition) is 0. The molecular weight excluding hydrogens is 396 g/mol. The van der Waals surface area contributed by atoms with E-state index in [2.05, 4.69) is 0 Å². The SMILES string of the molecule is Cn1c(CC(=O)N2CCCO2)c2n(c1=S)C[C@H](c1c(F)ccc(Cl)c1F)C2. The van der Waals surface area contributed by atoms with Crippen molar-refractivity contribution in [1.82, 2.24) is 14.2 Å². The van der Waals surface area contributed by atoms with E-state index in [9.17, 15) is 13.6 Å². The van der Waals surface area contributed by atoms with Crippen LogP contribution >= 0.6 is 23.8 Å². The summed E-state index contributed by atoms with van der Waals surface area (Å²) in [6.07, 6.45) is 1.34. The number of nitrogens with zero attached hydrogens (tertiary/aromatic N) is 3. The predicted octanol–water partition coefficient (Wildman–Crippen LogP) is 3.53. The van der Waals surface area contributed by atoms with Gasteiger partial charge < -0.3 is 9.13 Å². The van der Waals surface area contributed by atoms with Crippen LogP contribution in [0.5, 0.6) is 0 Å². The van der Waals surface area contributed by atoms with Crippen LogP contribution in [0.25, 0.3) is 0 Å². The lowest BCUT2D eigenvalue weighted by atomic mass is 9.95. The van der Waals surface area contributed by atoms with Crippen LogP contribution < -0.4 is 0 Å². The van der Waals surface area contributed by atoms with Crippen LogP contribution in [0.3, 0.4) is 0 Å². The van der Waals surface area contributed by atoms with Gasteiger partial charge in [0.15, 0.2) is 4.77 Å². The average molecular weight is 414 g/mol. The van der Waals surface area contributed by atoms with Gasteiger partial charge >= 0.3 is 0 Å². The molecule has 0 spiro atoms.